The monoisotopic (exact) mass is 408 g/mol. The van der Waals surface area contributed by atoms with Crippen molar-refractivity contribution >= 4 is 63.5 Å². The fourth-order valence-corrected chi connectivity index (χ4v) is 3.94. The van der Waals surface area contributed by atoms with Gasteiger partial charge in [0.2, 0.25) is 0 Å². The minimum absolute atomic E-state index is 0.0238. The van der Waals surface area contributed by atoms with Gasteiger partial charge in [0.15, 0.2) is 0 Å². The Labute approximate surface area is 162 Å². The average molecular weight is 409 g/mol. The molecule has 134 valence electrons. The van der Waals surface area contributed by atoms with Crippen LogP contribution in [0.4, 0.5) is 0 Å². The van der Waals surface area contributed by atoms with E-state index in [0.717, 1.165) is 22.2 Å². The Morgan fingerprint density at radius 2 is 2.19 bits per heavy atom. The van der Waals surface area contributed by atoms with Crippen molar-refractivity contribution in [1.82, 2.24) is 14.3 Å². The number of halogens is 1. The molecule has 3 rings (SSSR count). The smallest absolute Gasteiger partial charge is 0.266 e. The Kier molecular flexibility index (Phi) is 5.12. The number of hydrogen-bond acceptors (Lipinski definition) is 7. The van der Waals surface area contributed by atoms with E-state index in [-0.39, 0.29) is 32.9 Å². The molecular formula is C16H11ClN3O4S2-. The van der Waals surface area contributed by atoms with Crippen LogP contribution in [0.25, 0.3) is 11.7 Å². The number of thioether (sulfide) groups is 1. The van der Waals surface area contributed by atoms with Gasteiger partial charge in [-0.25, -0.2) is 4.98 Å². The molecule has 2 aromatic heterocycles. The van der Waals surface area contributed by atoms with Crippen molar-refractivity contribution in [3.05, 3.63) is 49.9 Å². The number of pyridine rings is 1. The number of thiocarbonyl (C=S) groups is 1. The van der Waals surface area contributed by atoms with Crippen LogP contribution in [0.3, 0.4) is 0 Å². The molecule has 0 saturated carbocycles. The number of aryl methyl sites for hydroxylation is 1. The quantitative estimate of drug-likeness (QED) is 0.423. The number of carbonyl (C=O) groups is 2. The van der Waals surface area contributed by atoms with Crippen molar-refractivity contribution in [2.45, 2.75) is 13.3 Å². The number of carboxylic acid groups (broad SMARTS) is 1. The van der Waals surface area contributed by atoms with Crippen LogP contribution >= 0.6 is 35.6 Å². The molecule has 0 N–H and O–H groups in total. The van der Waals surface area contributed by atoms with Gasteiger partial charge in [-0.3, -0.25) is 18.9 Å². The molecule has 0 aromatic carbocycles. The van der Waals surface area contributed by atoms with Gasteiger partial charge in [0.05, 0.1) is 10.5 Å². The molecule has 2 aromatic rings. The van der Waals surface area contributed by atoms with Gasteiger partial charge >= 0.3 is 0 Å². The number of carboxylic acids is 1. The first kappa shape index (κ1) is 18.6. The normalized spacial score (nSPS) is 16.1. The van der Waals surface area contributed by atoms with Crippen LogP contribution in [0.1, 0.15) is 17.5 Å². The number of fused-ring (bicyclic) bond motifs is 1. The number of nitrogens with zero attached hydrogens (tertiary/aromatic N) is 3. The third-order valence-corrected chi connectivity index (χ3v) is 5.39. The van der Waals surface area contributed by atoms with Gasteiger partial charge in [0, 0.05) is 25.1 Å². The van der Waals surface area contributed by atoms with E-state index in [9.17, 15) is 19.5 Å². The number of rotatable bonds is 4. The molecule has 0 radical (unpaired) electrons. The first-order valence-electron chi connectivity index (χ1n) is 7.42. The summed E-state index contributed by atoms with van der Waals surface area (Å²) in [6, 6.07) is 3.52. The largest absolute Gasteiger partial charge is 0.550 e. The summed E-state index contributed by atoms with van der Waals surface area (Å²) in [5.41, 5.74) is 0.867. The number of aliphatic carboxylic acids is 1. The number of amides is 1. The number of hydrogen-bond donors (Lipinski definition) is 0. The van der Waals surface area contributed by atoms with Gasteiger partial charge < -0.3 is 9.90 Å². The molecule has 10 heteroatoms. The SMILES string of the molecule is Cc1cccn2c(=O)c(/C=C3\SC(=S)N(CCC(=O)[O-])C3=O)c(Cl)nc12. The topological polar surface area (TPSA) is 94.8 Å². The highest BCUT2D eigenvalue weighted by atomic mass is 35.5. The van der Waals surface area contributed by atoms with Crippen LogP contribution in [0.5, 0.6) is 0 Å². The maximum Gasteiger partial charge on any atom is 0.266 e. The summed E-state index contributed by atoms with van der Waals surface area (Å²) in [6.45, 7) is 1.71. The molecule has 1 aliphatic rings. The van der Waals surface area contributed by atoms with Crippen molar-refractivity contribution < 1.29 is 14.7 Å². The lowest BCUT2D eigenvalue weighted by Gasteiger charge is -2.14. The van der Waals surface area contributed by atoms with Gasteiger partial charge in [-0.1, -0.05) is 41.6 Å². The maximum atomic E-state index is 12.7. The molecule has 7 nitrogen and oxygen atoms in total. The molecule has 1 saturated heterocycles. The van der Waals surface area contributed by atoms with E-state index < -0.39 is 17.4 Å². The Hall–Kier alpha value is -2.23. The predicted octanol–water partition coefficient (Wildman–Crippen LogP) is 0.998. The zero-order valence-electron chi connectivity index (χ0n) is 13.4. The number of aromatic nitrogens is 2. The molecule has 0 bridgehead atoms. The van der Waals surface area contributed by atoms with Crippen molar-refractivity contribution in [1.29, 1.82) is 0 Å². The van der Waals surface area contributed by atoms with Gasteiger partial charge in [-0.2, -0.15) is 0 Å². The van der Waals surface area contributed by atoms with E-state index in [4.69, 9.17) is 23.8 Å². The molecule has 1 fully saturated rings. The average Bonchev–Trinajstić information content (AvgIpc) is 2.84. The van der Waals surface area contributed by atoms with Crippen LogP contribution < -0.4 is 10.7 Å². The van der Waals surface area contributed by atoms with Crippen molar-refractivity contribution in [2.24, 2.45) is 0 Å². The lowest BCUT2D eigenvalue weighted by atomic mass is 10.2. The Balaban J connectivity index is 2.03. The van der Waals surface area contributed by atoms with E-state index in [1.54, 1.807) is 25.3 Å². The van der Waals surface area contributed by atoms with Gasteiger partial charge in [-0.05, 0) is 24.6 Å². The molecular weight excluding hydrogens is 398 g/mol. The van der Waals surface area contributed by atoms with E-state index in [1.807, 2.05) is 0 Å². The number of carbonyl (C=O) groups excluding carboxylic acids is 2. The lowest BCUT2D eigenvalue weighted by Crippen LogP contribution is -2.33. The van der Waals surface area contributed by atoms with Crippen molar-refractivity contribution in [3.8, 4) is 0 Å². The van der Waals surface area contributed by atoms with Crippen LogP contribution in [0, 0.1) is 6.92 Å². The molecule has 3 heterocycles. The Morgan fingerprint density at radius 3 is 2.88 bits per heavy atom. The van der Waals surface area contributed by atoms with Crippen molar-refractivity contribution in [3.63, 3.8) is 0 Å². The molecule has 1 amide bonds. The van der Waals surface area contributed by atoms with E-state index in [2.05, 4.69) is 4.98 Å². The lowest BCUT2D eigenvalue weighted by molar-refractivity contribution is -0.305. The second-order valence-electron chi connectivity index (χ2n) is 5.46. The summed E-state index contributed by atoms with van der Waals surface area (Å²) in [6.07, 6.45) is 2.57. The van der Waals surface area contributed by atoms with Crippen molar-refractivity contribution in [2.75, 3.05) is 6.54 Å². The van der Waals surface area contributed by atoms with Crippen LogP contribution in [-0.2, 0) is 9.59 Å². The molecule has 26 heavy (non-hydrogen) atoms. The highest BCUT2D eigenvalue weighted by molar-refractivity contribution is 8.26. The van der Waals surface area contributed by atoms with Gasteiger partial charge in [0.1, 0.15) is 15.1 Å². The van der Waals surface area contributed by atoms with Gasteiger partial charge in [-0.15, -0.1) is 0 Å². The maximum absolute atomic E-state index is 12.7. The van der Waals surface area contributed by atoms with Crippen LogP contribution in [0.2, 0.25) is 5.15 Å². The summed E-state index contributed by atoms with van der Waals surface area (Å²) in [5.74, 6) is -1.76. The van der Waals surface area contributed by atoms with E-state index >= 15 is 0 Å². The first-order valence-corrected chi connectivity index (χ1v) is 9.02. The fourth-order valence-electron chi connectivity index (χ4n) is 2.43. The summed E-state index contributed by atoms with van der Waals surface area (Å²) >= 11 is 12.2. The van der Waals surface area contributed by atoms with E-state index in [1.165, 1.54) is 10.5 Å². The summed E-state index contributed by atoms with van der Waals surface area (Å²) < 4.78 is 1.56. The third kappa shape index (κ3) is 3.37. The van der Waals surface area contributed by atoms with E-state index in [0.29, 0.717) is 5.65 Å². The van der Waals surface area contributed by atoms with Crippen LogP contribution in [-0.4, -0.2) is 37.0 Å². The molecule has 0 aliphatic carbocycles. The standard InChI is InChI=1S/C16H12ClN3O4S2/c1-8-3-2-5-19-13(8)18-12(17)9(14(19)23)7-10-15(24)20(16(25)26-10)6-4-11(21)22/h2-3,5,7H,4,6H2,1H3,(H,21,22)/p-1/b10-7-. The highest BCUT2D eigenvalue weighted by Crippen LogP contribution is 2.33. The molecule has 0 atom stereocenters. The van der Waals surface area contributed by atoms with Gasteiger partial charge in [0.25, 0.3) is 11.5 Å². The zero-order chi connectivity index (χ0) is 19.0. The minimum Gasteiger partial charge on any atom is -0.550 e. The fraction of sp³-hybridized carbons (Fsp3) is 0.188. The molecule has 0 unspecified atom stereocenters. The Morgan fingerprint density at radius 1 is 1.46 bits per heavy atom. The summed E-state index contributed by atoms with van der Waals surface area (Å²) in [7, 11) is 0. The second-order valence-corrected chi connectivity index (χ2v) is 7.50. The summed E-state index contributed by atoms with van der Waals surface area (Å²) in [5, 5.41) is 10.6. The van der Waals surface area contributed by atoms with Crippen LogP contribution in [0.15, 0.2) is 28.0 Å². The zero-order valence-corrected chi connectivity index (χ0v) is 15.8. The summed E-state index contributed by atoms with van der Waals surface area (Å²) in [4.78, 5) is 41.3. The first-order chi connectivity index (χ1) is 12.3. The Bertz CT molecular complexity index is 1050. The predicted molar refractivity (Wildman–Crippen MR) is 101 cm³/mol. The molecule has 1 aliphatic heterocycles. The second kappa shape index (κ2) is 7.18. The highest BCUT2D eigenvalue weighted by Gasteiger charge is 2.32. The third-order valence-electron chi connectivity index (χ3n) is 3.73. The molecule has 0 spiro atoms. The minimum atomic E-state index is -1.28.